The molecule has 0 saturated heterocycles. The van der Waals surface area contributed by atoms with Gasteiger partial charge in [-0.15, -0.1) is 0 Å². The Morgan fingerprint density at radius 1 is 0.947 bits per heavy atom. The lowest BCUT2D eigenvalue weighted by Gasteiger charge is -2.02. The Morgan fingerprint density at radius 2 is 1.79 bits per heavy atom. The highest BCUT2D eigenvalue weighted by Gasteiger charge is 2.08. The predicted octanol–water partition coefficient (Wildman–Crippen LogP) is 1.40. The lowest BCUT2D eigenvalue weighted by molar-refractivity contribution is 0.256. The molecule has 5 heteroatoms. The third-order valence-corrected chi connectivity index (χ3v) is 3.12. The number of hydrogen-bond acceptors (Lipinski definition) is 2. The first-order valence-electron chi connectivity index (χ1n) is 5.85. The van der Waals surface area contributed by atoms with Crippen LogP contribution in [0.2, 0.25) is 0 Å². The van der Waals surface area contributed by atoms with Crippen LogP contribution in [0.5, 0.6) is 0 Å². The molecule has 0 saturated carbocycles. The highest BCUT2D eigenvalue weighted by atomic mass is 16.2. The van der Waals surface area contributed by atoms with E-state index in [2.05, 4.69) is 15.0 Å². The second-order valence-electron chi connectivity index (χ2n) is 4.28. The smallest absolute Gasteiger partial charge is 0.299 e. The molecule has 5 nitrogen and oxygen atoms in total. The maximum absolute atomic E-state index is 11.2. The number of para-hydroxylation sites is 2. The van der Waals surface area contributed by atoms with Crippen LogP contribution in [-0.2, 0) is 0 Å². The van der Waals surface area contributed by atoms with Crippen molar-refractivity contribution in [3.8, 4) is 5.69 Å². The van der Waals surface area contributed by atoms with E-state index in [1.807, 2.05) is 41.0 Å². The molecule has 0 spiro atoms. The summed E-state index contributed by atoms with van der Waals surface area (Å²) >= 11 is 0. The molecular weight excluding hydrogens is 240 g/mol. The monoisotopic (exact) mass is 248 g/mol. The molecule has 90 valence electrons. The van der Waals surface area contributed by atoms with Crippen LogP contribution >= 0.6 is 0 Å². The summed E-state index contributed by atoms with van der Waals surface area (Å²) in [6.45, 7) is 0. The van der Waals surface area contributed by atoms with Crippen LogP contribution in [0.4, 0.5) is 4.79 Å². The van der Waals surface area contributed by atoms with Gasteiger partial charge in [-0.1, -0.05) is 12.1 Å². The zero-order chi connectivity index (χ0) is 12.8. The van der Waals surface area contributed by atoms with E-state index in [0.717, 1.165) is 16.7 Å². The lowest BCUT2D eigenvalue weighted by Crippen LogP contribution is -2.21. The molecule has 2 heterocycles. The quantitative estimate of drug-likeness (QED) is 0.653. The molecule has 0 N–H and O–H groups in total. The summed E-state index contributed by atoms with van der Waals surface area (Å²) in [5, 5.41) is 1.23. The first-order chi connectivity index (χ1) is 9.31. The molecule has 0 bridgehead atoms. The summed E-state index contributed by atoms with van der Waals surface area (Å²) in [5.74, 6) is 0. The van der Waals surface area contributed by atoms with E-state index in [0.29, 0.717) is 10.7 Å². The van der Waals surface area contributed by atoms with Crippen molar-refractivity contribution >= 4 is 17.1 Å². The minimum absolute atomic E-state index is 0.442. The molecule has 0 atom stereocenters. The Kier molecular flexibility index (Phi) is 1.91. The fraction of sp³-hybridized carbons (Fsp3) is 0. The van der Waals surface area contributed by atoms with Crippen LogP contribution in [0.15, 0.2) is 58.8 Å². The van der Waals surface area contributed by atoms with Gasteiger partial charge < -0.3 is 0 Å². The fourth-order valence-corrected chi connectivity index (χ4v) is 2.24. The number of carbonyl (C=O) groups is 1. The molecule has 1 aliphatic rings. The van der Waals surface area contributed by atoms with E-state index in [4.69, 9.17) is 0 Å². The molecular formula is C14H8N4O. The molecule has 0 fully saturated rings. The van der Waals surface area contributed by atoms with Gasteiger partial charge in [-0.25, -0.2) is 9.78 Å². The summed E-state index contributed by atoms with van der Waals surface area (Å²) in [5.41, 5.74) is 2.87. The van der Waals surface area contributed by atoms with Crippen LogP contribution in [0.25, 0.3) is 16.7 Å². The zero-order valence-electron chi connectivity index (χ0n) is 9.82. The summed E-state index contributed by atoms with van der Waals surface area (Å²) in [4.78, 5) is 23.2. The highest BCUT2D eigenvalue weighted by Crippen LogP contribution is 2.16. The summed E-state index contributed by atoms with van der Waals surface area (Å²) < 4.78 is 1.97. The lowest BCUT2D eigenvalue weighted by atomic mass is 10.2. The van der Waals surface area contributed by atoms with Gasteiger partial charge in [0.1, 0.15) is 6.33 Å². The van der Waals surface area contributed by atoms with Gasteiger partial charge in [0, 0.05) is 5.69 Å². The molecule has 1 aromatic heterocycles. The minimum Gasteiger partial charge on any atom is -0.299 e. The molecule has 0 aliphatic carbocycles. The van der Waals surface area contributed by atoms with E-state index in [1.54, 1.807) is 12.4 Å². The van der Waals surface area contributed by atoms with Crippen molar-refractivity contribution in [2.45, 2.75) is 0 Å². The Bertz CT molecular complexity index is 939. The number of aromatic nitrogens is 2. The Morgan fingerprint density at radius 3 is 2.74 bits per heavy atom. The first-order valence-corrected chi connectivity index (χ1v) is 5.85. The molecule has 1 aliphatic heterocycles. The number of hydrogen-bond donors (Lipinski definition) is 0. The van der Waals surface area contributed by atoms with E-state index >= 15 is 0 Å². The number of imidazole rings is 1. The van der Waals surface area contributed by atoms with Crippen LogP contribution in [0.1, 0.15) is 0 Å². The standard InChI is InChI=1S/C14H8N4O/c19-14-16-10-6-5-9(7-12(10)17-14)18-8-15-11-3-1-2-4-13(11)18/h1-8H. The largest absolute Gasteiger partial charge is 0.368 e. The number of nitrogens with zero attached hydrogens (tertiary/aromatic N) is 4. The van der Waals surface area contributed by atoms with Crippen LogP contribution in [0, 0.1) is 0 Å². The van der Waals surface area contributed by atoms with Crippen molar-refractivity contribution < 1.29 is 4.79 Å². The van der Waals surface area contributed by atoms with Gasteiger partial charge in [0.25, 0.3) is 0 Å². The van der Waals surface area contributed by atoms with Gasteiger partial charge >= 0.3 is 6.03 Å². The molecule has 2 amide bonds. The minimum atomic E-state index is -0.442. The molecule has 2 aromatic carbocycles. The third kappa shape index (κ3) is 1.48. The van der Waals surface area contributed by atoms with Gasteiger partial charge in [0.2, 0.25) is 0 Å². The number of rotatable bonds is 1. The average molecular weight is 248 g/mol. The van der Waals surface area contributed by atoms with Crippen molar-refractivity contribution in [3.63, 3.8) is 0 Å². The SMILES string of the molecule is O=C1N=c2ccc(-n3cnc4ccccc43)cc2=N1. The number of fused-ring (bicyclic) bond motifs is 2. The molecule has 19 heavy (non-hydrogen) atoms. The summed E-state index contributed by atoms with van der Waals surface area (Å²) in [6.07, 6.45) is 1.76. The van der Waals surface area contributed by atoms with Gasteiger partial charge in [0.05, 0.1) is 21.7 Å². The fourth-order valence-electron chi connectivity index (χ4n) is 2.24. The predicted molar refractivity (Wildman–Crippen MR) is 68.8 cm³/mol. The number of carbonyl (C=O) groups excluding carboxylic acids is 1. The van der Waals surface area contributed by atoms with Crippen molar-refractivity contribution in [2.75, 3.05) is 0 Å². The topological polar surface area (TPSA) is 59.6 Å². The van der Waals surface area contributed by atoms with Crippen molar-refractivity contribution in [1.29, 1.82) is 0 Å². The summed E-state index contributed by atoms with van der Waals surface area (Å²) in [6, 6.07) is 13.0. The van der Waals surface area contributed by atoms with Crippen LogP contribution in [0.3, 0.4) is 0 Å². The second-order valence-corrected chi connectivity index (χ2v) is 4.28. The van der Waals surface area contributed by atoms with E-state index in [-0.39, 0.29) is 0 Å². The normalized spacial score (nSPS) is 13.2. The Balaban J connectivity index is 2.00. The first kappa shape index (κ1) is 10.1. The van der Waals surface area contributed by atoms with Gasteiger partial charge in [-0.3, -0.25) is 4.57 Å². The maximum Gasteiger partial charge on any atom is 0.368 e. The van der Waals surface area contributed by atoms with E-state index in [1.165, 1.54) is 0 Å². The van der Waals surface area contributed by atoms with Crippen molar-refractivity contribution in [3.05, 3.63) is 59.5 Å². The van der Waals surface area contributed by atoms with E-state index in [9.17, 15) is 4.79 Å². The third-order valence-electron chi connectivity index (χ3n) is 3.12. The second kappa shape index (κ2) is 3.58. The van der Waals surface area contributed by atoms with Crippen molar-refractivity contribution in [1.82, 2.24) is 9.55 Å². The average Bonchev–Trinajstić information content (AvgIpc) is 2.99. The highest BCUT2D eigenvalue weighted by molar-refractivity contribution is 5.78. The number of amides is 2. The summed E-state index contributed by atoms with van der Waals surface area (Å²) in [7, 11) is 0. The Labute approximate surface area is 107 Å². The molecule has 3 aromatic rings. The number of benzene rings is 2. The Hall–Kier alpha value is -2.82. The van der Waals surface area contributed by atoms with Gasteiger partial charge in [-0.2, -0.15) is 9.98 Å². The maximum atomic E-state index is 11.2. The van der Waals surface area contributed by atoms with Gasteiger partial charge in [0.15, 0.2) is 0 Å². The molecule has 4 rings (SSSR count). The molecule has 0 radical (unpaired) electrons. The van der Waals surface area contributed by atoms with Crippen LogP contribution in [-0.4, -0.2) is 15.6 Å². The zero-order valence-corrected chi connectivity index (χ0v) is 9.82. The van der Waals surface area contributed by atoms with Gasteiger partial charge in [-0.05, 0) is 30.3 Å². The van der Waals surface area contributed by atoms with E-state index < -0.39 is 6.03 Å². The van der Waals surface area contributed by atoms with Crippen LogP contribution < -0.4 is 10.7 Å². The van der Waals surface area contributed by atoms with Crippen molar-refractivity contribution in [2.24, 2.45) is 9.98 Å². The molecule has 0 unspecified atom stereocenters. The number of urea groups is 1.